The highest BCUT2D eigenvalue weighted by Gasteiger charge is 2.44. The summed E-state index contributed by atoms with van der Waals surface area (Å²) in [4.78, 5) is 128. The molecule has 3 rings (SSSR count). The number of hydrogen-bond acceptors (Lipinski definition) is 14. The Bertz CT molecular complexity index is 2530. The number of Topliss-reactive ketones (excluding diaryl/α,β-unsaturated/α-hetero) is 2. The molecular weight excluding hydrogens is 1130 g/mol. The van der Waals surface area contributed by atoms with Crippen LogP contribution in [0.3, 0.4) is 0 Å². The standard InChI is InChI=1S/C66H107N9O13/c1-15-43(8)59(54(86-13)38-56(79)75-35-23-27-51(75)61(87-14)44(9)62(81)70-45(10)60(80)47-24-18-16-19-25-47)73(11)64(83)50(40(2)3)37-53(77)58(42(6)7)74(12)66(85)88-39-46-29-31-49(32-30-46)71-63(82)48(26-22-34-69-65(68)84)36-52(76)57(41(4)5)72-55(78)28-20-17-21-33-67/h16,18-19,24-25,29-32,40-45,48,50-51,54,57-61,80H,15,17,20-23,26-28,33-39,67H2,1-14H3,(H,70,81)(H,71,82)(H,72,78)(H3,68,69,84)/t43-,44+,45+,48+,50-,51-,54+,57-,58-,59-,60+,61+/m0/s1. The van der Waals surface area contributed by atoms with Crippen LogP contribution in [-0.4, -0.2) is 163 Å². The number of ketones is 2. The number of carbonyl (C=O) groups is 9. The maximum absolute atomic E-state index is 14.8. The summed E-state index contributed by atoms with van der Waals surface area (Å²) in [5.74, 6) is -5.42. The molecule has 1 aliphatic rings. The quantitative estimate of drug-likeness (QED) is 0.0323. The van der Waals surface area contributed by atoms with Crippen LogP contribution >= 0.6 is 0 Å². The topological polar surface area (TPSA) is 311 Å². The second-order valence-corrected chi connectivity index (χ2v) is 25.0. The third-order valence-electron chi connectivity index (χ3n) is 17.3. The first-order valence-corrected chi connectivity index (χ1v) is 31.7. The van der Waals surface area contributed by atoms with Crippen LogP contribution in [0.15, 0.2) is 54.6 Å². The van der Waals surface area contributed by atoms with Crippen molar-refractivity contribution in [2.24, 2.45) is 52.9 Å². The molecule has 9 N–H and O–H groups in total. The Morgan fingerprint density at radius 1 is 0.750 bits per heavy atom. The first kappa shape index (κ1) is 75.8. The number of nitrogens with zero attached hydrogens (tertiary/aromatic N) is 3. The SMILES string of the molecule is CC[C@H](C)[C@@H]([C@@H](CC(=O)N1CCC[C@H]1[C@H](OC)[C@@H](C)C(=O)N[C@H](C)[C@@H](O)c1ccccc1)OC)N(C)C(=O)[C@@H](CC(=O)[C@H](C(C)C)N(C)C(=O)OCc1ccc(NC(=O)[C@H](CCCNC(N)=O)CC(=O)[C@@H](NC(=O)CCCCCN)C(C)C)cc1)C(C)C. The van der Waals surface area contributed by atoms with Gasteiger partial charge in [0, 0.05) is 78.2 Å². The minimum Gasteiger partial charge on any atom is -0.445 e. The van der Waals surface area contributed by atoms with E-state index >= 15 is 0 Å². The van der Waals surface area contributed by atoms with Crippen molar-refractivity contribution in [3.8, 4) is 0 Å². The third-order valence-corrected chi connectivity index (χ3v) is 17.3. The van der Waals surface area contributed by atoms with Gasteiger partial charge in [0.1, 0.15) is 6.61 Å². The zero-order valence-electron chi connectivity index (χ0n) is 55.0. The molecule has 2 aromatic carbocycles. The molecule has 0 aliphatic carbocycles. The molecule has 0 saturated carbocycles. The Morgan fingerprint density at radius 3 is 1.98 bits per heavy atom. The van der Waals surface area contributed by atoms with E-state index in [2.05, 4.69) is 21.3 Å². The summed E-state index contributed by atoms with van der Waals surface area (Å²) in [6, 6.07) is 11.6. The molecule has 2 aromatic rings. The summed E-state index contributed by atoms with van der Waals surface area (Å²) in [7, 11) is 6.22. The van der Waals surface area contributed by atoms with Crippen molar-refractivity contribution in [1.82, 2.24) is 30.7 Å². The molecule has 0 bridgehead atoms. The highest BCUT2D eigenvalue weighted by Crippen LogP contribution is 2.32. The van der Waals surface area contributed by atoms with Crippen molar-refractivity contribution in [3.05, 3.63) is 65.7 Å². The van der Waals surface area contributed by atoms with Crippen molar-refractivity contribution >= 4 is 58.9 Å². The second-order valence-electron chi connectivity index (χ2n) is 25.0. The second kappa shape index (κ2) is 38.1. The fourth-order valence-electron chi connectivity index (χ4n) is 11.9. The summed E-state index contributed by atoms with van der Waals surface area (Å²) < 4.78 is 17.8. The van der Waals surface area contributed by atoms with E-state index in [9.17, 15) is 48.3 Å². The maximum atomic E-state index is 14.8. The van der Waals surface area contributed by atoms with Gasteiger partial charge in [-0.3, -0.25) is 33.6 Å². The average molecular weight is 1230 g/mol. The number of primary amides is 1. The highest BCUT2D eigenvalue weighted by atomic mass is 16.6. The van der Waals surface area contributed by atoms with E-state index in [1.54, 1.807) is 67.1 Å². The van der Waals surface area contributed by atoms with Crippen molar-refractivity contribution in [3.63, 3.8) is 0 Å². The number of likely N-dealkylation sites (N-methyl/N-ethyl adjacent to an activating group) is 2. The van der Waals surface area contributed by atoms with E-state index in [-0.39, 0.29) is 104 Å². The minimum absolute atomic E-state index is 0.0605. The van der Waals surface area contributed by atoms with Crippen LogP contribution in [-0.2, 0) is 54.4 Å². The van der Waals surface area contributed by atoms with Crippen LogP contribution in [0.1, 0.15) is 164 Å². The fourth-order valence-corrected chi connectivity index (χ4v) is 11.9. The fraction of sp³-hybridized carbons (Fsp3) is 0.682. The first-order chi connectivity index (χ1) is 41.6. The Kier molecular flexibility index (Phi) is 32.8. The molecular formula is C66H107N9O13. The zero-order chi connectivity index (χ0) is 65.9. The lowest BCUT2D eigenvalue weighted by Gasteiger charge is -2.41. The monoisotopic (exact) mass is 1230 g/mol. The lowest BCUT2D eigenvalue weighted by Crippen LogP contribution is -2.55. The number of carbonyl (C=O) groups excluding carboxylic acids is 9. The van der Waals surface area contributed by atoms with Crippen LogP contribution < -0.4 is 32.7 Å². The Morgan fingerprint density at radius 2 is 1.41 bits per heavy atom. The molecule has 12 atom stereocenters. The highest BCUT2D eigenvalue weighted by molar-refractivity contribution is 5.97. The van der Waals surface area contributed by atoms with E-state index in [4.69, 9.17) is 25.7 Å². The Hall–Kier alpha value is -6.49. The smallest absolute Gasteiger partial charge is 0.410 e. The third kappa shape index (κ3) is 23.1. The van der Waals surface area contributed by atoms with Gasteiger partial charge in [0.15, 0.2) is 11.6 Å². The van der Waals surface area contributed by atoms with E-state index in [0.717, 1.165) is 12.8 Å². The number of rotatable bonds is 39. The lowest BCUT2D eigenvalue weighted by molar-refractivity contribution is -0.149. The van der Waals surface area contributed by atoms with Crippen molar-refractivity contribution in [2.75, 3.05) is 53.3 Å². The molecule has 22 heteroatoms. The van der Waals surface area contributed by atoms with Gasteiger partial charge in [-0.2, -0.15) is 0 Å². The predicted molar refractivity (Wildman–Crippen MR) is 339 cm³/mol. The van der Waals surface area contributed by atoms with Gasteiger partial charge in [0.05, 0.1) is 60.9 Å². The van der Waals surface area contributed by atoms with Crippen LogP contribution in [0.25, 0.3) is 0 Å². The number of benzene rings is 2. The molecule has 1 fully saturated rings. The number of aliphatic hydroxyl groups excluding tert-OH is 1. The molecule has 88 heavy (non-hydrogen) atoms. The van der Waals surface area contributed by atoms with Crippen LogP contribution in [0.2, 0.25) is 0 Å². The Balaban J connectivity index is 1.70. The summed E-state index contributed by atoms with van der Waals surface area (Å²) >= 11 is 0. The van der Waals surface area contributed by atoms with Gasteiger partial charge in [-0.1, -0.05) is 118 Å². The number of likely N-dealkylation sites (tertiary alicyclic amines) is 1. The average Bonchev–Trinajstić information content (AvgIpc) is 2.45. The van der Waals surface area contributed by atoms with Gasteiger partial charge in [-0.25, -0.2) is 9.59 Å². The predicted octanol–water partition coefficient (Wildman–Crippen LogP) is 7.29. The maximum Gasteiger partial charge on any atom is 0.410 e. The van der Waals surface area contributed by atoms with E-state index in [1.165, 1.54) is 26.2 Å². The van der Waals surface area contributed by atoms with Gasteiger partial charge in [0.2, 0.25) is 29.5 Å². The van der Waals surface area contributed by atoms with Gasteiger partial charge in [-0.05, 0) is 98.9 Å². The number of hydrogen-bond donors (Lipinski definition) is 7. The van der Waals surface area contributed by atoms with Crippen molar-refractivity contribution < 1.29 is 62.5 Å². The van der Waals surface area contributed by atoms with E-state index < -0.39 is 84.3 Å². The molecule has 1 heterocycles. The molecule has 8 amide bonds. The molecule has 494 valence electrons. The largest absolute Gasteiger partial charge is 0.445 e. The van der Waals surface area contributed by atoms with Crippen LogP contribution in [0.4, 0.5) is 15.3 Å². The summed E-state index contributed by atoms with van der Waals surface area (Å²) in [5.41, 5.74) is 12.5. The molecule has 22 nitrogen and oxygen atoms in total. The van der Waals surface area contributed by atoms with Gasteiger partial charge in [0.25, 0.3) is 0 Å². The number of anilines is 1. The Labute approximate surface area is 523 Å². The molecule has 0 aromatic heterocycles. The normalized spacial score (nSPS) is 17.1. The molecule has 1 aliphatic heterocycles. The number of nitrogens with two attached hydrogens (primary N) is 2. The zero-order valence-corrected chi connectivity index (χ0v) is 55.0. The number of nitrogens with one attached hydrogen (secondary N) is 4. The molecule has 0 radical (unpaired) electrons. The number of amides is 8. The number of urea groups is 1. The van der Waals surface area contributed by atoms with Crippen LogP contribution in [0.5, 0.6) is 0 Å². The molecule has 0 unspecified atom stereocenters. The van der Waals surface area contributed by atoms with Crippen molar-refractivity contribution in [2.45, 2.75) is 201 Å². The summed E-state index contributed by atoms with van der Waals surface area (Å²) in [6.07, 6.45) is 1.58. The van der Waals surface area contributed by atoms with E-state index in [0.29, 0.717) is 62.0 Å². The molecule has 1 saturated heterocycles. The number of unbranched alkanes of at least 4 members (excludes halogenated alkanes) is 2. The summed E-state index contributed by atoms with van der Waals surface area (Å²) in [6.45, 7) is 19.5. The lowest BCUT2D eigenvalue weighted by atomic mass is 9.83. The van der Waals surface area contributed by atoms with Crippen molar-refractivity contribution in [1.29, 1.82) is 0 Å². The first-order valence-electron chi connectivity index (χ1n) is 31.7. The number of ether oxygens (including phenoxy) is 3. The number of aliphatic hydroxyl groups is 1. The summed E-state index contributed by atoms with van der Waals surface area (Å²) in [5, 5.41) is 22.1. The van der Waals surface area contributed by atoms with Gasteiger partial charge >= 0.3 is 12.1 Å². The van der Waals surface area contributed by atoms with Gasteiger partial charge in [-0.15, -0.1) is 0 Å². The molecule has 0 spiro atoms. The number of methoxy groups -OCH3 is 2. The van der Waals surface area contributed by atoms with Gasteiger partial charge < -0.3 is 66.8 Å². The van der Waals surface area contributed by atoms with E-state index in [1.807, 2.05) is 73.6 Å². The minimum atomic E-state index is -0.952. The van der Waals surface area contributed by atoms with Crippen LogP contribution in [0, 0.1) is 41.4 Å².